The monoisotopic (exact) mass is 394 g/mol. The summed E-state index contributed by atoms with van der Waals surface area (Å²) in [6, 6.07) is 13.0. The van der Waals surface area contributed by atoms with Crippen molar-refractivity contribution in [2.45, 2.75) is 19.8 Å². The first-order valence-electron chi connectivity index (χ1n) is 9.79. The first-order valence-corrected chi connectivity index (χ1v) is 9.79. The van der Waals surface area contributed by atoms with Crippen molar-refractivity contribution in [3.8, 4) is 5.75 Å². The molecule has 0 aliphatic carbocycles. The third-order valence-corrected chi connectivity index (χ3v) is 5.63. The van der Waals surface area contributed by atoms with E-state index in [2.05, 4.69) is 6.92 Å². The molecule has 2 aromatic rings. The second kappa shape index (κ2) is 7.70. The maximum atomic E-state index is 14.5. The fourth-order valence-corrected chi connectivity index (χ4v) is 3.99. The predicted octanol–water partition coefficient (Wildman–Crippen LogP) is 3.85. The average Bonchev–Trinajstić information content (AvgIpc) is 2.99. The SMILES string of the molecule is COc1ccccc1C1=C(N2CCC(C)CC2)C(=O)N(c2ccccc2F)C1=O. The van der Waals surface area contributed by atoms with E-state index in [1.54, 1.807) is 30.3 Å². The molecule has 0 saturated carbocycles. The Labute approximate surface area is 169 Å². The number of para-hydroxylation sites is 2. The van der Waals surface area contributed by atoms with Crippen molar-refractivity contribution >= 4 is 23.1 Å². The number of methoxy groups -OCH3 is 1. The topological polar surface area (TPSA) is 49.9 Å². The number of carbonyl (C=O) groups excluding carboxylic acids is 2. The second-order valence-corrected chi connectivity index (χ2v) is 7.49. The fourth-order valence-electron chi connectivity index (χ4n) is 3.99. The molecule has 2 aliphatic rings. The van der Waals surface area contributed by atoms with E-state index in [4.69, 9.17) is 4.74 Å². The number of carbonyl (C=O) groups is 2. The third-order valence-electron chi connectivity index (χ3n) is 5.63. The minimum atomic E-state index is -0.609. The molecule has 29 heavy (non-hydrogen) atoms. The van der Waals surface area contributed by atoms with Crippen LogP contribution in [0.25, 0.3) is 5.57 Å². The van der Waals surface area contributed by atoms with Crippen molar-refractivity contribution < 1.29 is 18.7 Å². The second-order valence-electron chi connectivity index (χ2n) is 7.49. The first kappa shape index (κ1) is 19.2. The molecule has 0 unspecified atom stereocenters. The molecule has 0 N–H and O–H groups in total. The Morgan fingerprint density at radius 1 is 0.966 bits per heavy atom. The van der Waals surface area contributed by atoms with Crippen molar-refractivity contribution in [1.29, 1.82) is 0 Å². The molecule has 0 aromatic heterocycles. The number of benzene rings is 2. The zero-order valence-electron chi connectivity index (χ0n) is 16.5. The zero-order valence-corrected chi connectivity index (χ0v) is 16.5. The number of hydrogen-bond acceptors (Lipinski definition) is 4. The van der Waals surface area contributed by atoms with Gasteiger partial charge < -0.3 is 9.64 Å². The Morgan fingerprint density at radius 3 is 2.31 bits per heavy atom. The molecule has 2 heterocycles. The van der Waals surface area contributed by atoms with Crippen LogP contribution in [0.2, 0.25) is 0 Å². The Hall–Kier alpha value is -3.15. The number of anilines is 1. The Kier molecular flexibility index (Phi) is 5.09. The smallest absolute Gasteiger partial charge is 0.282 e. The maximum absolute atomic E-state index is 14.5. The summed E-state index contributed by atoms with van der Waals surface area (Å²) >= 11 is 0. The highest BCUT2D eigenvalue weighted by Crippen LogP contribution is 2.39. The number of piperidine rings is 1. The molecule has 0 atom stereocenters. The first-order chi connectivity index (χ1) is 14.0. The lowest BCUT2D eigenvalue weighted by Gasteiger charge is -2.32. The number of nitrogens with zero attached hydrogens (tertiary/aromatic N) is 2. The van der Waals surface area contributed by atoms with Gasteiger partial charge in [-0.1, -0.05) is 37.3 Å². The van der Waals surface area contributed by atoms with Crippen molar-refractivity contribution in [2.24, 2.45) is 5.92 Å². The van der Waals surface area contributed by atoms with E-state index < -0.39 is 17.6 Å². The minimum Gasteiger partial charge on any atom is -0.496 e. The summed E-state index contributed by atoms with van der Waals surface area (Å²) in [6.45, 7) is 3.54. The Bertz CT molecular complexity index is 993. The normalized spacial score (nSPS) is 18.0. The molecular formula is C23H23FN2O3. The number of hydrogen-bond donors (Lipinski definition) is 0. The molecule has 2 aliphatic heterocycles. The van der Waals surface area contributed by atoms with Crippen LogP contribution in [-0.2, 0) is 9.59 Å². The van der Waals surface area contributed by atoms with E-state index in [-0.39, 0.29) is 11.3 Å². The van der Waals surface area contributed by atoms with Crippen LogP contribution >= 0.6 is 0 Å². The molecule has 1 saturated heterocycles. The number of likely N-dealkylation sites (tertiary alicyclic amines) is 1. The van der Waals surface area contributed by atoms with Gasteiger partial charge in [0.1, 0.15) is 17.3 Å². The number of imide groups is 1. The van der Waals surface area contributed by atoms with E-state index >= 15 is 0 Å². The minimum absolute atomic E-state index is 0.0322. The van der Waals surface area contributed by atoms with Gasteiger partial charge in [-0.15, -0.1) is 0 Å². The van der Waals surface area contributed by atoms with Crippen LogP contribution in [0.4, 0.5) is 10.1 Å². The third kappa shape index (κ3) is 3.28. The van der Waals surface area contributed by atoms with Crippen molar-refractivity contribution in [3.63, 3.8) is 0 Å². The summed E-state index contributed by atoms with van der Waals surface area (Å²) in [4.78, 5) is 29.8. The standard InChI is InChI=1S/C23H23FN2O3/c1-15-11-13-25(14-12-15)21-20(16-7-3-6-10-19(16)29-2)22(27)26(23(21)28)18-9-5-4-8-17(18)24/h3-10,15H,11-14H2,1-2H3. The summed E-state index contributed by atoms with van der Waals surface area (Å²) in [5.41, 5.74) is 1.11. The van der Waals surface area contributed by atoms with Crippen LogP contribution in [0.3, 0.4) is 0 Å². The molecule has 6 heteroatoms. The maximum Gasteiger partial charge on any atom is 0.282 e. The molecule has 0 radical (unpaired) electrons. The lowest BCUT2D eigenvalue weighted by molar-refractivity contribution is -0.120. The molecule has 0 bridgehead atoms. The molecule has 1 fully saturated rings. The van der Waals surface area contributed by atoms with Gasteiger partial charge in [-0.05, 0) is 37.0 Å². The number of rotatable bonds is 4. The van der Waals surface area contributed by atoms with Gasteiger partial charge in [0.15, 0.2) is 0 Å². The van der Waals surface area contributed by atoms with E-state index in [9.17, 15) is 14.0 Å². The quantitative estimate of drug-likeness (QED) is 0.739. The molecule has 5 nitrogen and oxygen atoms in total. The van der Waals surface area contributed by atoms with Crippen molar-refractivity contribution in [1.82, 2.24) is 4.90 Å². The number of amides is 2. The number of ether oxygens (including phenoxy) is 1. The lowest BCUT2D eigenvalue weighted by atomic mass is 9.97. The van der Waals surface area contributed by atoms with Gasteiger partial charge in [0, 0.05) is 18.7 Å². The number of halogens is 1. The molecule has 2 aromatic carbocycles. The molecule has 150 valence electrons. The molecule has 4 rings (SSSR count). The molecule has 2 amide bonds. The average molecular weight is 394 g/mol. The highest BCUT2D eigenvalue weighted by Gasteiger charge is 2.44. The zero-order chi connectivity index (χ0) is 20.5. The molecular weight excluding hydrogens is 371 g/mol. The van der Waals surface area contributed by atoms with Gasteiger partial charge in [-0.2, -0.15) is 0 Å². The van der Waals surface area contributed by atoms with Gasteiger partial charge in [0.2, 0.25) is 0 Å². The van der Waals surface area contributed by atoms with E-state index in [0.29, 0.717) is 36.0 Å². The van der Waals surface area contributed by atoms with Crippen molar-refractivity contribution in [3.05, 3.63) is 65.6 Å². The summed E-state index contributed by atoms with van der Waals surface area (Å²) in [7, 11) is 1.53. The van der Waals surface area contributed by atoms with Gasteiger partial charge in [-0.3, -0.25) is 9.59 Å². The largest absolute Gasteiger partial charge is 0.496 e. The fraction of sp³-hybridized carbons (Fsp3) is 0.304. The van der Waals surface area contributed by atoms with Crippen LogP contribution in [-0.4, -0.2) is 36.9 Å². The van der Waals surface area contributed by atoms with Crippen LogP contribution in [0.1, 0.15) is 25.3 Å². The van der Waals surface area contributed by atoms with Crippen LogP contribution < -0.4 is 9.64 Å². The van der Waals surface area contributed by atoms with Gasteiger partial charge >= 0.3 is 0 Å². The van der Waals surface area contributed by atoms with Crippen molar-refractivity contribution in [2.75, 3.05) is 25.1 Å². The predicted molar refractivity (Wildman–Crippen MR) is 109 cm³/mol. The van der Waals surface area contributed by atoms with Crippen LogP contribution in [0.15, 0.2) is 54.2 Å². The van der Waals surface area contributed by atoms with E-state index in [1.807, 2.05) is 4.90 Å². The highest BCUT2D eigenvalue weighted by atomic mass is 19.1. The van der Waals surface area contributed by atoms with Crippen LogP contribution in [0, 0.1) is 11.7 Å². The molecule has 0 spiro atoms. The summed E-state index contributed by atoms with van der Waals surface area (Å²) < 4.78 is 19.9. The van der Waals surface area contributed by atoms with Gasteiger partial charge in [0.25, 0.3) is 11.8 Å². The summed E-state index contributed by atoms with van der Waals surface area (Å²) in [5, 5.41) is 0. The van der Waals surface area contributed by atoms with Gasteiger partial charge in [-0.25, -0.2) is 9.29 Å². The van der Waals surface area contributed by atoms with E-state index in [1.165, 1.54) is 25.3 Å². The summed E-state index contributed by atoms with van der Waals surface area (Å²) in [5.74, 6) is -0.561. The van der Waals surface area contributed by atoms with Crippen LogP contribution in [0.5, 0.6) is 5.75 Å². The van der Waals surface area contributed by atoms with E-state index in [0.717, 1.165) is 17.7 Å². The summed E-state index contributed by atoms with van der Waals surface area (Å²) in [6.07, 6.45) is 1.87. The highest BCUT2D eigenvalue weighted by molar-refractivity contribution is 6.45. The Balaban J connectivity index is 1.87. The van der Waals surface area contributed by atoms with Gasteiger partial charge in [0.05, 0.1) is 18.4 Å². The Morgan fingerprint density at radius 2 is 1.62 bits per heavy atom. The lowest BCUT2D eigenvalue weighted by Crippen LogP contribution is -2.38.